The first-order chi connectivity index (χ1) is 7.88. The zero-order valence-corrected chi connectivity index (χ0v) is 8.84. The van der Waals surface area contributed by atoms with E-state index in [1.807, 2.05) is 48.5 Å². The lowest BCUT2D eigenvalue weighted by Crippen LogP contribution is -1.78. The molecule has 0 aliphatic rings. The Kier molecular flexibility index (Phi) is 3.29. The van der Waals surface area contributed by atoms with E-state index < -0.39 is 0 Å². The summed E-state index contributed by atoms with van der Waals surface area (Å²) >= 11 is 0. The summed E-state index contributed by atoms with van der Waals surface area (Å²) in [6, 6.07) is 17.6. The Morgan fingerprint density at radius 3 is 1.69 bits per heavy atom. The van der Waals surface area contributed by atoms with Crippen LogP contribution in [0.25, 0.3) is 12.2 Å². The average Bonchev–Trinajstić information content (AvgIpc) is 2.38. The van der Waals surface area contributed by atoms with Crippen molar-refractivity contribution in [3.8, 4) is 0 Å². The van der Waals surface area contributed by atoms with Gasteiger partial charge in [-0.25, -0.2) is 0 Å². The van der Waals surface area contributed by atoms with Gasteiger partial charge in [0.2, 0.25) is 0 Å². The van der Waals surface area contributed by atoms with Crippen molar-refractivity contribution >= 4 is 18.4 Å². The fraction of sp³-hybridized carbons (Fsp3) is 0. The lowest BCUT2D eigenvalue weighted by Gasteiger charge is -1.94. The van der Waals surface area contributed by atoms with Crippen molar-refractivity contribution in [3.05, 3.63) is 71.3 Å². The number of hydrogen-bond acceptors (Lipinski definition) is 1. The topological polar surface area (TPSA) is 17.1 Å². The number of hydrogen-bond donors (Lipinski definition) is 0. The largest absolute Gasteiger partial charge is 0.298 e. The maximum atomic E-state index is 10.5. The van der Waals surface area contributed by atoms with Crippen molar-refractivity contribution in [2.45, 2.75) is 0 Å². The molecule has 0 saturated heterocycles. The van der Waals surface area contributed by atoms with E-state index in [1.54, 1.807) is 0 Å². The van der Waals surface area contributed by atoms with Gasteiger partial charge in [0.05, 0.1) is 0 Å². The molecule has 0 fully saturated rings. The van der Waals surface area contributed by atoms with E-state index >= 15 is 0 Å². The maximum absolute atomic E-state index is 10.5. The first kappa shape index (κ1) is 10.4. The molecule has 1 heteroatoms. The third-order valence-electron chi connectivity index (χ3n) is 2.34. The third-order valence-corrected chi connectivity index (χ3v) is 2.34. The van der Waals surface area contributed by atoms with Crippen LogP contribution in [0.2, 0.25) is 0 Å². The predicted molar refractivity (Wildman–Crippen MR) is 67.2 cm³/mol. The van der Waals surface area contributed by atoms with Crippen LogP contribution < -0.4 is 0 Å². The van der Waals surface area contributed by atoms with Crippen molar-refractivity contribution in [2.75, 3.05) is 0 Å². The molecule has 2 aromatic carbocycles. The molecule has 0 bridgehead atoms. The molecule has 2 rings (SSSR count). The number of carbonyl (C=O) groups is 1. The van der Waals surface area contributed by atoms with Crippen molar-refractivity contribution < 1.29 is 4.79 Å². The summed E-state index contributed by atoms with van der Waals surface area (Å²) in [6.07, 6.45) is 4.94. The predicted octanol–water partition coefficient (Wildman–Crippen LogP) is 3.67. The molecule has 0 aliphatic heterocycles. The molecule has 1 nitrogen and oxygen atoms in total. The van der Waals surface area contributed by atoms with E-state index in [0.29, 0.717) is 5.56 Å². The molecule has 0 atom stereocenters. The van der Waals surface area contributed by atoms with Crippen LogP contribution in [0, 0.1) is 0 Å². The summed E-state index contributed by atoms with van der Waals surface area (Å²) in [5.74, 6) is 0. The number of rotatable bonds is 3. The van der Waals surface area contributed by atoms with Gasteiger partial charge in [0.25, 0.3) is 0 Å². The van der Waals surface area contributed by atoms with Gasteiger partial charge in [-0.3, -0.25) is 4.79 Å². The zero-order chi connectivity index (χ0) is 11.2. The van der Waals surface area contributed by atoms with Gasteiger partial charge in [0, 0.05) is 5.56 Å². The highest BCUT2D eigenvalue weighted by Crippen LogP contribution is 2.08. The minimum atomic E-state index is 0.705. The van der Waals surface area contributed by atoms with E-state index in [1.165, 1.54) is 5.56 Å². The van der Waals surface area contributed by atoms with Gasteiger partial charge in [0.15, 0.2) is 0 Å². The lowest BCUT2D eigenvalue weighted by molar-refractivity contribution is 0.112. The Bertz CT molecular complexity index is 481. The lowest BCUT2D eigenvalue weighted by atomic mass is 10.1. The van der Waals surface area contributed by atoms with Crippen LogP contribution in [0.1, 0.15) is 21.5 Å². The molecule has 78 valence electrons. The Labute approximate surface area is 95.1 Å². The molecule has 0 aliphatic carbocycles. The standard InChI is InChI=1S/C15H12O/c16-12-15-10-8-14(9-11-15)7-6-13-4-2-1-3-5-13/h1-12H. The van der Waals surface area contributed by atoms with Crippen molar-refractivity contribution in [1.29, 1.82) is 0 Å². The van der Waals surface area contributed by atoms with Crippen LogP contribution in [0.3, 0.4) is 0 Å². The van der Waals surface area contributed by atoms with Gasteiger partial charge in [-0.15, -0.1) is 0 Å². The second-order valence-electron chi connectivity index (χ2n) is 3.53. The third kappa shape index (κ3) is 2.67. The highest BCUT2D eigenvalue weighted by Gasteiger charge is 1.89. The number of benzene rings is 2. The summed E-state index contributed by atoms with van der Waals surface area (Å²) in [6.45, 7) is 0. The molecule has 0 saturated carbocycles. The molecule has 16 heavy (non-hydrogen) atoms. The minimum absolute atomic E-state index is 0.705. The van der Waals surface area contributed by atoms with Gasteiger partial charge in [-0.05, 0) is 11.1 Å². The molecule has 0 unspecified atom stereocenters. The van der Waals surface area contributed by atoms with E-state index in [0.717, 1.165) is 11.8 Å². The fourth-order valence-corrected chi connectivity index (χ4v) is 1.44. The van der Waals surface area contributed by atoms with E-state index in [2.05, 4.69) is 18.2 Å². The van der Waals surface area contributed by atoms with Gasteiger partial charge in [-0.1, -0.05) is 66.7 Å². The van der Waals surface area contributed by atoms with Crippen molar-refractivity contribution in [1.82, 2.24) is 0 Å². The van der Waals surface area contributed by atoms with Gasteiger partial charge in [-0.2, -0.15) is 0 Å². The fourth-order valence-electron chi connectivity index (χ4n) is 1.44. The molecule has 0 radical (unpaired) electrons. The minimum Gasteiger partial charge on any atom is -0.298 e. The molecule has 0 amide bonds. The van der Waals surface area contributed by atoms with Gasteiger partial charge < -0.3 is 0 Å². The highest BCUT2D eigenvalue weighted by molar-refractivity contribution is 5.76. The van der Waals surface area contributed by atoms with Crippen molar-refractivity contribution in [2.24, 2.45) is 0 Å². The average molecular weight is 208 g/mol. The second-order valence-corrected chi connectivity index (χ2v) is 3.53. The highest BCUT2D eigenvalue weighted by atomic mass is 16.1. The smallest absolute Gasteiger partial charge is 0.150 e. The van der Waals surface area contributed by atoms with E-state index in [9.17, 15) is 4.79 Å². The van der Waals surface area contributed by atoms with Gasteiger partial charge in [0.1, 0.15) is 6.29 Å². The molecular weight excluding hydrogens is 196 g/mol. The number of aldehydes is 1. The van der Waals surface area contributed by atoms with Crippen LogP contribution in [0.5, 0.6) is 0 Å². The zero-order valence-electron chi connectivity index (χ0n) is 8.84. The van der Waals surface area contributed by atoms with Crippen molar-refractivity contribution in [3.63, 3.8) is 0 Å². The molecule has 0 spiro atoms. The van der Waals surface area contributed by atoms with Crippen LogP contribution in [0.15, 0.2) is 54.6 Å². The van der Waals surface area contributed by atoms with Crippen LogP contribution in [-0.2, 0) is 0 Å². The van der Waals surface area contributed by atoms with E-state index in [4.69, 9.17) is 0 Å². The second kappa shape index (κ2) is 5.08. The Morgan fingerprint density at radius 1 is 0.625 bits per heavy atom. The Morgan fingerprint density at radius 2 is 1.12 bits per heavy atom. The summed E-state index contributed by atoms with van der Waals surface area (Å²) in [4.78, 5) is 10.5. The van der Waals surface area contributed by atoms with Crippen LogP contribution in [0.4, 0.5) is 0 Å². The molecule has 0 heterocycles. The molecule has 2 aromatic rings. The van der Waals surface area contributed by atoms with Gasteiger partial charge >= 0.3 is 0 Å². The first-order valence-corrected chi connectivity index (χ1v) is 5.17. The van der Waals surface area contributed by atoms with Crippen LogP contribution >= 0.6 is 0 Å². The number of carbonyl (C=O) groups excluding carboxylic acids is 1. The Hall–Kier alpha value is -2.15. The Balaban J connectivity index is 2.14. The maximum Gasteiger partial charge on any atom is 0.150 e. The summed E-state index contributed by atoms with van der Waals surface area (Å²) in [5.41, 5.74) is 2.97. The first-order valence-electron chi connectivity index (χ1n) is 5.17. The summed E-state index contributed by atoms with van der Waals surface area (Å²) in [7, 11) is 0. The molecular formula is C15H12O. The van der Waals surface area contributed by atoms with E-state index in [-0.39, 0.29) is 0 Å². The summed E-state index contributed by atoms with van der Waals surface area (Å²) in [5, 5.41) is 0. The molecule has 0 aromatic heterocycles. The SMILES string of the molecule is O=Cc1ccc(C=Cc2ccccc2)cc1. The summed E-state index contributed by atoms with van der Waals surface area (Å²) < 4.78 is 0. The monoisotopic (exact) mass is 208 g/mol. The quantitative estimate of drug-likeness (QED) is 0.555. The normalized spacial score (nSPS) is 10.5. The van der Waals surface area contributed by atoms with Crippen LogP contribution in [-0.4, -0.2) is 6.29 Å². The molecule has 0 N–H and O–H groups in total.